The standard InChI is InChI=1S/C15H20N2O3/c1-10(13-7-4-8-20-13)16-12-9-14(18)17(15(12)19)11-5-2-3-6-11/h4,7-8,10-12,16H,2-3,5-6,9H2,1H3. The van der Waals surface area contributed by atoms with Gasteiger partial charge in [-0.25, -0.2) is 0 Å². The molecule has 1 aromatic rings. The number of hydrogen-bond acceptors (Lipinski definition) is 4. The van der Waals surface area contributed by atoms with Crippen molar-refractivity contribution >= 4 is 11.8 Å². The fourth-order valence-corrected chi connectivity index (χ4v) is 3.25. The summed E-state index contributed by atoms with van der Waals surface area (Å²) in [5.41, 5.74) is 0. The van der Waals surface area contributed by atoms with Crippen LogP contribution in [0.2, 0.25) is 0 Å². The first-order valence-corrected chi connectivity index (χ1v) is 7.32. The van der Waals surface area contributed by atoms with Gasteiger partial charge in [-0.3, -0.25) is 19.8 Å². The number of likely N-dealkylation sites (tertiary alicyclic amines) is 1. The topological polar surface area (TPSA) is 62.6 Å². The Morgan fingerprint density at radius 2 is 2.10 bits per heavy atom. The van der Waals surface area contributed by atoms with Gasteiger partial charge < -0.3 is 4.42 Å². The quantitative estimate of drug-likeness (QED) is 0.854. The zero-order valence-electron chi connectivity index (χ0n) is 11.7. The van der Waals surface area contributed by atoms with E-state index in [0.29, 0.717) is 0 Å². The summed E-state index contributed by atoms with van der Waals surface area (Å²) in [5, 5.41) is 3.21. The third-order valence-corrected chi connectivity index (χ3v) is 4.29. The molecule has 0 radical (unpaired) electrons. The van der Waals surface area contributed by atoms with Gasteiger partial charge >= 0.3 is 0 Å². The predicted octanol–water partition coefficient (Wildman–Crippen LogP) is 2.00. The fraction of sp³-hybridized carbons (Fsp3) is 0.600. The Kier molecular flexibility index (Phi) is 3.61. The third-order valence-electron chi connectivity index (χ3n) is 4.29. The monoisotopic (exact) mass is 276 g/mol. The van der Waals surface area contributed by atoms with Gasteiger partial charge in [0, 0.05) is 6.04 Å². The lowest BCUT2D eigenvalue weighted by atomic mass is 10.2. The highest BCUT2D eigenvalue weighted by atomic mass is 16.3. The molecule has 2 unspecified atom stereocenters. The van der Waals surface area contributed by atoms with Crippen LogP contribution in [0.3, 0.4) is 0 Å². The smallest absolute Gasteiger partial charge is 0.247 e. The van der Waals surface area contributed by atoms with E-state index in [2.05, 4.69) is 5.32 Å². The lowest BCUT2D eigenvalue weighted by Crippen LogP contribution is -2.43. The summed E-state index contributed by atoms with van der Waals surface area (Å²) in [7, 11) is 0. The van der Waals surface area contributed by atoms with Gasteiger partial charge in [-0.05, 0) is 31.9 Å². The number of nitrogens with one attached hydrogen (secondary N) is 1. The Bertz CT molecular complexity index is 491. The molecule has 2 amide bonds. The van der Waals surface area contributed by atoms with Crippen LogP contribution in [-0.4, -0.2) is 28.8 Å². The highest BCUT2D eigenvalue weighted by Crippen LogP contribution is 2.29. The Morgan fingerprint density at radius 3 is 2.75 bits per heavy atom. The zero-order chi connectivity index (χ0) is 14.1. The van der Waals surface area contributed by atoms with Crippen LogP contribution in [0.1, 0.15) is 50.8 Å². The molecule has 1 aromatic heterocycles. The van der Waals surface area contributed by atoms with Crippen LogP contribution < -0.4 is 5.32 Å². The van der Waals surface area contributed by atoms with E-state index in [9.17, 15) is 9.59 Å². The first-order chi connectivity index (χ1) is 9.66. The molecule has 108 valence electrons. The maximum atomic E-state index is 12.4. The molecular formula is C15H20N2O3. The number of rotatable bonds is 4. The maximum Gasteiger partial charge on any atom is 0.247 e. The lowest BCUT2D eigenvalue weighted by molar-refractivity contribution is -0.141. The van der Waals surface area contributed by atoms with Crippen LogP contribution in [0.25, 0.3) is 0 Å². The summed E-state index contributed by atoms with van der Waals surface area (Å²) < 4.78 is 5.32. The van der Waals surface area contributed by atoms with Crippen LogP contribution in [0.15, 0.2) is 22.8 Å². The second kappa shape index (κ2) is 5.40. The zero-order valence-corrected chi connectivity index (χ0v) is 11.7. The second-order valence-corrected chi connectivity index (χ2v) is 5.70. The first kappa shape index (κ1) is 13.4. The molecule has 0 aromatic carbocycles. The molecule has 5 nitrogen and oxygen atoms in total. The van der Waals surface area contributed by atoms with Gasteiger partial charge in [0.1, 0.15) is 5.76 Å². The predicted molar refractivity (Wildman–Crippen MR) is 72.8 cm³/mol. The van der Waals surface area contributed by atoms with E-state index in [1.54, 1.807) is 6.26 Å². The third kappa shape index (κ3) is 2.38. The van der Waals surface area contributed by atoms with E-state index < -0.39 is 6.04 Å². The largest absolute Gasteiger partial charge is 0.468 e. The molecule has 0 spiro atoms. The van der Waals surface area contributed by atoms with Gasteiger partial charge in [0.15, 0.2) is 0 Å². The van der Waals surface area contributed by atoms with Crippen molar-refractivity contribution in [3.05, 3.63) is 24.2 Å². The lowest BCUT2D eigenvalue weighted by Gasteiger charge is -2.23. The van der Waals surface area contributed by atoms with Gasteiger partial charge in [-0.1, -0.05) is 12.8 Å². The summed E-state index contributed by atoms with van der Waals surface area (Å²) in [4.78, 5) is 26.0. The molecule has 2 heterocycles. The molecule has 2 fully saturated rings. The summed E-state index contributed by atoms with van der Waals surface area (Å²) in [6.45, 7) is 1.94. The van der Waals surface area contributed by atoms with Crippen molar-refractivity contribution < 1.29 is 14.0 Å². The number of carbonyl (C=O) groups excluding carboxylic acids is 2. The Balaban J connectivity index is 1.66. The number of furan rings is 1. The normalized spacial score (nSPS) is 25.6. The average molecular weight is 276 g/mol. The van der Waals surface area contributed by atoms with Gasteiger partial charge in [0.05, 0.1) is 24.8 Å². The van der Waals surface area contributed by atoms with E-state index in [1.165, 1.54) is 4.90 Å². The van der Waals surface area contributed by atoms with Crippen LogP contribution in [-0.2, 0) is 9.59 Å². The summed E-state index contributed by atoms with van der Waals surface area (Å²) in [6, 6.07) is 3.33. The minimum absolute atomic E-state index is 0.0361. The Morgan fingerprint density at radius 1 is 1.35 bits per heavy atom. The molecule has 1 saturated carbocycles. The van der Waals surface area contributed by atoms with Crippen LogP contribution in [0.5, 0.6) is 0 Å². The minimum atomic E-state index is -0.414. The van der Waals surface area contributed by atoms with Gasteiger partial charge in [-0.2, -0.15) is 0 Å². The number of hydrogen-bond donors (Lipinski definition) is 1. The highest BCUT2D eigenvalue weighted by Gasteiger charge is 2.43. The van der Waals surface area contributed by atoms with Crippen molar-refractivity contribution in [2.45, 2.75) is 57.2 Å². The van der Waals surface area contributed by atoms with E-state index in [1.807, 2.05) is 19.1 Å². The molecule has 1 aliphatic carbocycles. The molecular weight excluding hydrogens is 256 g/mol. The number of amides is 2. The second-order valence-electron chi connectivity index (χ2n) is 5.70. The van der Waals surface area contributed by atoms with Crippen LogP contribution >= 0.6 is 0 Å². The summed E-state index contributed by atoms with van der Waals surface area (Å²) in [5.74, 6) is 0.677. The van der Waals surface area contributed by atoms with Crippen LogP contribution in [0, 0.1) is 0 Å². The van der Waals surface area contributed by atoms with Gasteiger partial charge in [0.2, 0.25) is 11.8 Å². The summed E-state index contributed by atoms with van der Waals surface area (Å²) >= 11 is 0. The van der Waals surface area contributed by atoms with E-state index in [-0.39, 0.29) is 30.3 Å². The van der Waals surface area contributed by atoms with Gasteiger partial charge in [0.25, 0.3) is 0 Å². The molecule has 0 bridgehead atoms. The first-order valence-electron chi connectivity index (χ1n) is 7.32. The minimum Gasteiger partial charge on any atom is -0.468 e. The Hall–Kier alpha value is -1.62. The molecule has 1 saturated heterocycles. The van der Waals surface area contributed by atoms with Gasteiger partial charge in [-0.15, -0.1) is 0 Å². The van der Waals surface area contributed by atoms with Crippen molar-refractivity contribution in [2.75, 3.05) is 0 Å². The SMILES string of the molecule is CC(NC1CC(=O)N(C2CCCC2)C1=O)c1ccco1. The molecule has 2 aliphatic rings. The van der Waals surface area contributed by atoms with E-state index in [4.69, 9.17) is 4.42 Å². The number of nitrogens with zero attached hydrogens (tertiary/aromatic N) is 1. The van der Waals surface area contributed by atoms with Crippen molar-refractivity contribution in [1.29, 1.82) is 0 Å². The maximum absolute atomic E-state index is 12.4. The van der Waals surface area contributed by atoms with E-state index in [0.717, 1.165) is 31.4 Å². The molecule has 1 aliphatic heterocycles. The molecule has 1 N–H and O–H groups in total. The molecule has 3 rings (SSSR count). The van der Waals surface area contributed by atoms with Crippen molar-refractivity contribution in [1.82, 2.24) is 10.2 Å². The highest BCUT2D eigenvalue weighted by molar-refractivity contribution is 6.05. The number of carbonyl (C=O) groups is 2. The molecule has 20 heavy (non-hydrogen) atoms. The Labute approximate surface area is 118 Å². The number of imide groups is 1. The molecule has 5 heteroatoms. The van der Waals surface area contributed by atoms with Crippen molar-refractivity contribution in [3.8, 4) is 0 Å². The molecule has 2 atom stereocenters. The fourth-order valence-electron chi connectivity index (χ4n) is 3.25. The van der Waals surface area contributed by atoms with E-state index >= 15 is 0 Å². The summed E-state index contributed by atoms with van der Waals surface area (Å²) in [6.07, 6.45) is 6.02. The average Bonchev–Trinajstić information content (AvgIpc) is 3.13. The van der Waals surface area contributed by atoms with Crippen molar-refractivity contribution in [3.63, 3.8) is 0 Å². The van der Waals surface area contributed by atoms with Crippen molar-refractivity contribution in [2.24, 2.45) is 0 Å². The van der Waals surface area contributed by atoms with Crippen LogP contribution in [0.4, 0.5) is 0 Å².